The molecule has 1 aromatic rings. The van der Waals surface area contributed by atoms with Gasteiger partial charge in [-0.25, -0.2) is 4.39 Å². The van der Waals surface area contributed by atoms with Crippen LogP contribution in [-0.4, -0.2) is 5.78 Å². The normalized spacial score (nSPS) is 12.6. The highest BCUT2D eigenvalue weighted by Crippen LogP contribution is 2.26. The first-order chi connectivity index (χ1) is 6.02. The predicted octanol–water partition coefficient (Wildman–Crippen LogP) is 3.46. The summed E-state index contributed by atoms with van der Waals surface area (Å²) in [7, 11) is 0. The summed E-state index contributed by atoms with van der Waals surface area (Å²) in [5.74, 6) is -0.729. The van der Waals surface area contributed by atoms with Crippen LogP contribution in [0.15, 0.2) is 22.7 Å². The van der Waals surface area contributed by atoms with Crippen molar-refractivity contribution in [2.75, 3.05) is 0 Å². The second kappa shape index (κ2) is 4.20. The first kappa shape index (κ1) is 10.7. The van der Waals surface area contributed by atoms with E-state index in [4.69, 9.17) is 11.6 Å². The Labute approximate surface area is 89.0 Å². The zero-order valence-electron chi connectivity index (χ0n) is 6.85. The van der Waals surface area contributed by atoms with Crippen LogP contribution in [0.5, 0.6) is 0 Å². The van der Waals surface area contributed by atoms with E-state index >= 15 is 0 Å². The fourth-order valence-electron chi connectivity index (χ4n) is 0.926. The molecule has 1 rings (SSSR count). The minimum Gasteiger partial charge on any atom is -0.298 e. The van der Waals surface area contributed by atoms with Gasteiger partial charge < -0.3 is 0 Å². The van der Waals surface area contributed by atoms with Gasteiger partial charge in [0.1, 0.15) is 11.2 Å². The van der Waals surface area contributed by atoms with E-state index in [0.717, 1.165) is 0 Å². The maximum Gasteiger partial charge on any atom is 0.152 e. The quantitative estimate of drug-likeness (QED) is 0.749. The Hall–Kier alpha value is -0.410. The zero-order valence-corrected chi connectivity index (χ0v) is 9.19. The van der Waals surface area contributed by atoms with Crippen molar-refractivity contribution >= 4 is 33.3 Å². The lowest BCUT2D eigenvalue weighted by atomic mass is 10.1. The SMILES string of the molecule is CC(=O)C(Cl)c1ccc(Br)cc1F. The van der Waals surface area contributed by atoms with E-state index in [9.17, 15) is 9.18 Å². The fourth-order valence-corrected chi connectivity index (χ4v) is 1.44. The van der Waals surface area contributed by atoms with E-state index in [1.165, 1.54) is 19.1 Å². The summed E-state index contributed by atoms with van der Waals surface area (Å²) in [5, 5.41) is -0.895. The van der Waals surface area contributed by atoms with E-state index in [1.54, 1.807) is 6.07 Å². The Morgan fingerprint density at radius 2 is 2.23 bits per heavy atom. The van der Waals surface area contributed by atoms with Crippen molar-refractivity contribution < 1.29 is 9.18 Å². The van der Waals surface area contributed by atoms with Gasteiger partial charge in [0.25, 0.3) is 0 Å². The number of alkyl halides is 1. The van der Waals surface area contributed by atoms with Crippen molar-refractivity contribution in [3.63, 3.8) is 0 Å². The van der Waals surface area contributed by atoms with Crippen molar-refractivity contribution in [3.05, 3.63) is 34.1 Å². The highest BCUT2D eigenvalue weighted by atomic mass is 79.9. The van der Waals surface area contributed by atoms with Crippen LogP contribution in [0, 0.1) is 5.82 Å². The molecule has 0 N–H and O–H groups in total. The third kappa shape index (κ3) is 2.51. The molecule has 0 spiro atoms. The molecule has 13 heavy (non-hydrogen) atoms. The highest BCUT2D eigenvalue weighted by Gasteiger charge is 2.16. The maximum absolute atomic E-state index is 13.2. The van der Waals surface area contributed by atoms with Crippen molar-refractivity contribution in [3.8, 4) is 0 Å². The standard InChI is InChI=1S/C9H7BrClFO/c1-5(13)9(11)7-3-2-6(10)4-8(7)12/h2-4,9H,1H3. The van der Waals surface area contributed by atoms with Crippen molar-refractivity contribution in [2.45, 2.75) is 12.3 Å². The summed E-state index contributed by atoms with van der Waals surface area (Å²) < 4.78 is 13.8. The molecule has 0 bridgehead atoms. The van der Waals surface area contributed by atoms with E-state index in [1.807, 2.05) is 0 Å². The van der Waals surface area contributed by atoms with E-state index in [0.29, 0.717) is 4.47 Å². The van der Waals surface area contributed by atoms with Gasteiger partial charge in [0.15, 0.2) is 5.78 Å². The lowest BCUT2D eigenvalue weighted by Crippen LogP contribution is -2.03. The molecule has 0 amide bonds. The number of benzene rings is 1. The van der Waals surface area contributed by atoms with Crippen LogP contribution in [-0.2, 0) is 4.79 Å². The van der Waals surface area contributed by atoms with Gasteiger partial charge in [-0.3, -0.25) is 4.79 Å². The van der Waals surface area contributed by atoms with E-state index < -0.39 is 11.2 Å². The average Bonchev–Trinajstić information content (AvgIpc) is 2.03. The molecule has 1 nitrogen and oxygen atoms in total. The van der Waals surface area contributed by atoms with Gasteiger partial charge in [-0.05, 0) is 19.1 Å². The van der Waals surface area contributed by atoms with Crippen molar-refractivity contribution in [1.29, 1.82) is 0 Å². The summed E-state index contributed by atoms with van der Waals surface area (Å²) in [4.78, 5) is 10.9. The molecule has 1 atom stereocenters. The van der Waals surface area contributed by atoms with Crippen LogP contribution in [0.1, 0.15) is 17.9 Å². The Morgan fingerprint density at radius 1 is 1.62 bits per heavy atom. The van der Waals surface area contributed by atoms with Crippen LogP contribution in [0.25, 0.3) is 0 Å². The first-order valence-electron chi connectivity index (χ1n) is 3.62. The van der Waals surface area contributed by atoms with Gasteiger partial charge in [-0.1, -0.05) is 22.0 Å². The lowest BCUT2D eigenvalue weighted by Gasteiger charge is -2.06. The summed E-state index contributed by atoms with van der Waals surface area (Å²) in [6.07, 6.45) is 0. The van der Waals surface area contributed by atoms with Gasteiger partial charge in [0.05, 0.1) is 0 Å². The number of hydrogen-bond donors (Lipinski definition) is 0. The minimum atomic E-state index is -0.895. The van der Waals surface area contributed by atoms with E-state index in [-0.39, 0.29) is 11.3 Å². The third-order valence-corrected chi connectivity index (χ3v) is 2.63. The van der Waals surface area contributed by atoms with Gasteiger partial charge in [-0.15, -0.1) is 11.6 Å². The molecule has 1 unspecified atom stereocenters. The van der Waals surface area contributed by atoms with Crippen LogP contribution in [0.4, 0.5) is 4.39 Å². The molecule has 0 aromatic heterocycles. The second-order valence-corrected chi connectivity index (χ2v) is 3.99. The minimum absolute atomic E-state index is 0.220. The number of rotatable bonds is 2. The Morgan fingerprint density at radius 3 is 2.69 bits per heavy atom. The molecule has 0 aliphatic rings. The van der Waals surface area contributed by atoms with Crippen molar-refractivity contribution in [1.82, 2.24) is 0 Å². The van der Waals surface area contributed by atoms with Crippen LogP contribution < -0.4 is 0 Å². The molecule has 4 heteroatoms. The van der Waals surface area contributed by atoms with Gasteiger partial charge in [0, 0.05) is 10.0 Å². The summed E-state index contributed by atoms with van der Waals surface area (Å²) in [6.45, 7) is 1.33. The molecule has 0 aliphatic heterocycles. The molecule has 0 radical (unpaired) electrons. The number of hydrogen-bond acceptors (Lipinski definition) is 1. The van der Waals surface area contributed by atoms with Gasteiger partial charge in [-0.2, -0.15) is 0 Å². The number of Topliss-reactive ketones (excluding diaryl/α,β-unsaturated/α-hetero) is 1. The largest absolute Gasteiger partial charge is 0.298 e. The number of ketones is 1. The summed E-state index contributed by atoms with van der Waals surface area (Å²) in [5.41, 5.74) is 0.220. The predicted molar refractivity (Wildman–Crippen MR) is 53.4 cm³/mol. The first-order valence-corrected chi connectivity index (χ1v) is 4.85. The van der Waals surface area contributed by atoms with E-state index in [2.05, 4.69) is 15.9 Å². The maximum atomic E-state index is 13.2. The molecule has 0 aliphatic carbocycles. The zero-order chi connectivity index (χ0) is 10.0. The van der Waals surface area contributed by atoms with Crippen LogP contribution in [0.3, 0.4) is 0 Å². The Balaban J connectivity index is 3.08. The second-order valence-electron chi connectivity index (χ2n) is 2.64. The average molecular weight is 266 g/mol. The molecule has 0 saturated carbocycles. The fraction of sp³-hybridized carbons (Fsp3) is 0.222. The number of halogens is 3. The Bertz CT molecular complexity index is 340. The molecule has 0 heterocycles. The van der Waals surface area contributed by atoms with Crippen molar-refractivity contribution in [2.24, 2.45) is 0 Å². The van der Waals surface area contributed by atoms with Crippen LogP contribution >= 0.6 is 27.5 Å². The lowest BCUT2D eigenvalue weighted by molar-refractivity contribution is -0.116. The third-order valence-electron chi connectivity index (χ3n) is 1.59. The smallest absolute Gasteiger partial charge is 0.152 e. The monoisotopic (exact) mass is 264 g/mol. The van der Waals surface area contributed by atoms with Gasteiger partial charge >= 0.3 is 0 Å². The summed E-state index contributed by atoms with van der Waals surface area (Å²) in [6, 6.07) is 4.43. The topological polar surface area (TPSA) is 17.1 Å². The molecular weight excluding hydrogens is 258 g/mol. The number of carbonyl (C=O) groups excluding carboxylic acids is 1. The molecule has 0 saturated heterocycles. The molecule has 1 aromatic carbocycles. The van der Waals surface area contributed by atoms with Crippen LogP contribution in [0.2, 0.25) is 0 Å². The Kier molecular flexibility index (Phi) is 3.45. The molecule has 0 fully saturated rings. The summed E-state index contributed by atoms with van der Waals surface area (Å²) >= 11 is 8.81. The number of carbonyl (C=O) groups is 1. The molecular formula is C9H7BrClFO. The van der Waals surface area contributed by atoms with Gasteiger partial charge in [0.2, 0.25) is 0 Å². The molecule has 70 valence electrons. The highest BCUT2D eigenvalue weighted by molar-refractivity contribution is 9.10.